The third-order valence-corrected chi connectivity index (χ3v) is 8.12. The van der Waals surface area contributed by atoms with Crippen molar-refractivity contribution in [2.45, 2.75) is 109 Å². The van der Waals surface area contributed by atoms with Crippen LogP contribution in [0.1, 0.15) is 96.8 Å². The van der Waals surface area contributed by atoms with Crippen LogP contribution in [0.15, 0.2) is 12.3 Å². The van der Waals surface area contributed by atoms with Crippen molar-refractivity contribution in [2.24, 2.45) is 0 Å². The first-order valence-corrected chi connectivity index (χ1v) is 14.6. The molecule has 2 unspecified atom stereocenters. The lowest BCUT2D eigenvalue weighted by molar-refractivity contribution is -0.133. The summed E-state index contributed by atoms with van der Waals surface area (Å²) >= 11 is 0. The second-order valence-corrected chi connectivity index (χ2v) is 10.9. The summed E-state index contributed by atoms with van der Waals surface area (Å²) in [4.78, 5) is 29.5. The Morgan fingerprint density at radius 1 is 0.943 bits per heavy atom. The van der Waals surface area contributed by atoms with Crippen molar-refractivity contribution in [1.82, 2.24) is 19.8 Å². The molecule has 0 radical (unpaired) electrons. The number of hydrogen-bond donors (Lipinski definition) is 1. The standard InChI is InChI=1S/C28H48N6O/c1-2-3-4-7-15-27(35)34-21-12-14-25(23-34)33-20-11-8-13-24(22-33)30-28-29-17-16-26(31-28)32-18-9-5-6-10-19-32/h16-17,24-25H,2-15,18-23H2,1H3,(H,29,30,31). The molecule has 1 aromatic heterocycles. The van der Waals surface area contributed by atoms with E-state index in [1.807, 2.05) is 6.20 Å². The van der Waals surface area contributed by atoms with Crippen molar-refractivity contribution in [3.63, 3.8) is 0 Å². The molecule has 4 heterocycles. The Hall–Kier alpha value is -1.89. The molecular weight excluding hydrogens is 436 g/mol. The van der Waals surface area contributed by atoms with Gasteiger partial charge in [0.1, 0.15) is 5.82 Å². The molecule has 7 nitrogen and oxygen atoms in total. The Balaban J connectivity index is 1.32. The van der Waals surface area contributed by atoms with Crippen LogP contribution in [-0.4, -0.2) is 77.0 Å². The fourth-order valence-electron chi connectivity index (χ4n) is 6.04. The maximum Gasteiger partial charge on any atom is 0.224 e. The molecule has 4 rings (SSSR count). The predicted molar refractivity (Wildman–Crippen MR) is 144 cm³/mol. The van der Waals surface area contributed by atoms with Crippen molar-refractivity contribution in [1.29, 1.82) is 0 Å². The van der Waals surface area contributed by atoms with Crippen molar-refractivity contribution in [3.05, 3.63) is 12.3 Å². The molecular formula is C28H48N6O. The SMILES string of the molecule is CCCCCCC(=O)N1CCCC(N2CCCCC(Nc3nccc(N4CCCCCC4)n3)C2)C1. The molecule has 1 amide bonds. The second-order valence-electron chi connectivity index (χ2n) is 10.9. The van der Waals surface area contributed by atoms with E-state index in [1.54, 1.807) is 0 Å². The molecule has 3 aliphatic rings. The number of piperidine rings is 1. The molecule has 7 heteroatoms. The highest BCUT2D eigenvalue weighted by molar-refractivity contribution is 5.76. The lowest BCUT2D eigenvalue weighted by Crippen LogP contribution is -2.51. The van der Waals surface area contributed by atoms with Gasteiger partial charge in [-0.3, -0.25) is 9.69 Å². The minimum Gasteiger partial charge on any atom is -0.356 e. The van der Waals surface area contributed by atoms with Crippen LogP contribution in [0.4, 0.5) is 11.8 Å². The van der Waals surface area contributed by atoms with Crippen molar-refractivity contribution in [3.8, 4) is 0 Å². The van der Waals surface area contributed by atoms with Crippen LogP contribution >= 0.6 is 0 Å². The van der Waals surface area contributed by atoms with Crippen LogP contribution in [0.25, 0.3) is 0 Å². The molecule has 1 aromatic rings. The van der Waals surface area contributed by atoms with Gasteiger partial charge in [0.15, 0.2) is 0 Å². The Morgan fingerprint density at radius 2 is 1.77 bits per heavy atom. The fraction of sp³-hybridized carbons (Fsp3) is 0.821. The highest BCUT2D eigenvalue weighted by Crippen LogP contribution is 2.23. The van der Waals surface area contributed by atoms with Crippen LogP contribution < -0.4 is 10.2 Å². The van der Waals surface area contributed by atoms with Gasteiger partial charge in [-0.2, -0.15) is 4.98 Å². The van der Waals surface area contributed by atoms with E-state index >= 15 is 0 Å². The molecule has 2 atom stereocenters. The van der Waals surface area contributed by atoms with Crippen LogP contribution in [0.2, 0.25) is 0 Å². The van der Waals surface area contributed by atoms with Gasteiger partial charge in [-0.25, -0.2) is 4.98 Å². The van der Waals surface area contributed by atoms with Crippen molar-refractivity contribution < 1.29 is 4.79 Å². The first-order chi connectivity index (χ1) is 17.2. The monoisotopic (exact) mass is 484 g/mol. The number of hydrogen-bond acceptors (Lipinski definition) is 6. The van der Waals surface area contributed by atoms with Crippen molar-refractivity contribution >= 4 is 17.7 Å². The molecule has 35 heavy (non-hydrogen) atoms. The molecule has 3 aliphatic heterocycles. The average molecular weight is 485 g/mol. The van der Waals surface area contributed by atoms with E-state index in [0.29, 0.717) is 18.0 Å². The Kier molecular flexibility index (Phi) is 10.5. The Labute approximate surface area is 213 Å². The van der Waals surface area contributed by atoms with Crippen LogP contribution in [0.5, 0.6) is 0 Å². The van der Waals surface area contributed by atoms with Gasteiger partial charge in [0, 0.05) is 57.4 Å². The number of carbonyl (C=O) groups excluding carboxylic acids is 1. The molecule has 196 valence electrons. The summed E-state index contributed by atoms with van der Waals surface area (Å²) in [6.45, 7) is 8.41. The summed E-state index contributed by atoms with van der Waals surface area (Å²) in [6.07, 6.45) is 18.4. The summed E-state index contributed by atoms with van der Waals surface area (Å²) < 4.78 is 0. The van der Waals surface area contributed by atoms with Gasteiger partial charge in [0.2, 0.25) is 11.9 Å². The number of unbranched alkanes of at least 4 members (excludes halogenated alkanes) is 3. The quantitative estimate of drug-likeness (QED) is 0.493. The largest absolute Gasteiger partial charge is 0.356 e. The van der Waals surface area contributed by atoms with Crippen LogP contribution in [-0.2, 0) is 4.79 Å². The molecule has 0 spiro atoms. The van der Waals surface area contributed by atoms with Gasteiger partial charge in [-0.15, -0.1) is 0 Å². The first kappa shape index (κ1) is 26.2. The molecule has 0 aliphatic carbocycles. The second kappa shape index (κ2) is 14.0. The van der Waals surface area contributed by atoms with Gasteiger partial charge >= 0.3 is 0 Å². The number of carbonyl (C=O) groups is 1. The van der Waals surface area contributed by atoms with E-state index in [2.05, 4.69) is 38.0 Å². The molecule has 3 fully saturated rings. The van der Waals surface area contributed by atoms with Gasteiger partial charge in [0.05, 0.1) is 0 Å². The molecule has 0 bridgehead atoms. The van der Waals surface area contributed by atoms with Gasteiger partial charge in [-0.05, 0) is 57.6 Å². The number of nitrogens with zero attached hydrogens (tertiary/aromatic N) is 5. The summed E-state index contributed by atoms with van der Waals surface area (Å²) in [5.41, 5.74) is 0. The normalized spacial score (nSPS) is 24.6. The minimum atomic E-state index is 0.358. The van der Waals surface area contributed by atoms with Crippen molar-refractivity contribution in [2.75, 3.05) is 49.5 Å². The number of aromatic nitrogens is 2. The van der Waals surface area contributed by atoms with E-state index in [0.717, 1.165) is 76.7 Å². The summed E-state index contributed by atoms with van der Waals surface area (Å²) in [6, 6.07) is 2.90. The van der Waals surface area contributed by atoms with E-state index in [1.165, 1.54) is 64.2 Å². The van der Waals surface area contributed by atoms with E-state index in [-0.39, 0.29) is 0 Å². The highest BCUT2D eigenvalue weighted by Gasteiger charge is 2.30. The molecule has 0 aromatic carbocycles. The third kappa shape index (κ3) is 8.06. The van der Waals surface area contributed by atoms with E-state index in [4.69, 9.17) is 4.98 Å². The molecule has 0 saturated carbocycles. The maximum atomic E-state index is 12.8. The summed E-state index contributed by atoms with van der Waals surface area (Å²) in [5.74, 6) is 2.20. The van der Waals surface area contributed by atoms with Gasteiger partial charge < -0.3 is 15.1 Å². The van der Waals surface area contributed by atoms with E-state index < -0.39 is 0 Å². The molecule has 3 saturated heterocycles. The van der Waals surface area contributed by atoms with E-state index in [9.17, 15) is 4.79 Å². The topological polar surface area (TPSA) is 64.6 Å². The zero-order chi connectivity index (χ0) is 24.3. The predicted octanol–water partition coefficient (Wildman–Crippen LogP) is 5.08. The van der Waals surface area contributed by atoms with Crippen LogP contribution in [0.3, 0.4) is 0 Å². The lowest BCUT2D eigenvalue weighted by Gasteiger charge is -2.40. The number of anilines is 2. The summed E-state index contributed by atoms with van der Waals surface area (Å²) in [7, 11) is 0. The third-order valence-electron chi connectivity index (χ3n) is 8.12. The molecule has 1 N–H and O–H groups in total. The Morgan fingerprint density at radius 3 is 2.60 bits per heavy atom. The maximum absolute atomic E-state index is 12.8. The smallest absolute Gasteiger partial charge is 0.224 e. The Bertz CT molecular complexity index is 766. The summed E-state index contributed by atoms with van der Waals surface area (Å²) in [5, 5.41) is 3.69. The number of rotatable bonds is 9. The zero-order valence-electron chi connectivity index (χ0n) is 22.1. The number of nitrogens with one attached hydrogen (secondary N) is 1. The average Bonchev–Trinajstić information content (AvgIpc) is 3.30. The first-order valence-electron chi connectivity index (χ1n) is 14.6. The lowest BCUT2D eigenvalue weighted by atomic mass is 10.0. The highest BCUT2D eigenvalue weighted by atomic mass is 16.2. The van der Waals surface area contributed by atoms with Gasteiger partial charge in [0.25, 0.3) is 0 Å². The zero-order valence-corrected chi connectivity index (χ0v) is 22.1. The minimum absolute atomic E-state index is 0.358. The van der Waals surface area contributed by atoms with Gasteiger partial charge in [-0.1, -0.05) is 45.4 Å². The number of amides is 1. The number of likely N-dealkylation sites (tertiary alicyclic amines) is 2. The fourth-order valence-corrected chi connectivity index (χ4v) is 6.04. The van der Waals surface area contributed by atoms with Crippen LogP contribution in [0, 0.1) is 0 Å².